The highest BCUT2D eigenvalue weighted by Crippen LogP contribution is 2.06. The molecule has 0 atom stereocenters. The molecule has 1 aromatic rings. The van der Waals surface area contributed by atoms with Gasteiger partial charge in [-0.25, -0.2) is 8.96 Å². The minimum Gasteiger partial charge on any atom is -0.244 e. The lowest BCUT2D eigenvalue weighted by Crippen LogP contribution is -2.21. The van der Waals surface area contributed by atoms with E-state index in [9.17, 15) is 16.8 Å². The van der Waals surface area contributed by atoms with Gasteiger partial charge in [0.05, 0.1) is 5.75 Å². The van der Waals surface area contributed by atoms with Crippen molar-refractivity contribution in [3.05, 3.63) is 18.7 Å². The third kappa shape index (κ3) is 3.29. The minimum atomic E-state index is -4.33. The Labute approximate surface area is 88.1 Å². The second kappa shape index (κ2) is 4.29. The number of rotatable bonds is 5. The van der Waals surface area contributed by atoms with Crippen LogP contribution in [0.4, 0.5) is 0 Å². The molecule has 0 amide bonds. The van der Waals surface area contributed by atoms with Crippen LogP contribution in [0.2, 0.25) is 0 Å². The van der Waals surface area contributed by atoms with Crippen molar-refractivity contribution in [2.24, 2.45) is 0 Å². The monoisotopic (exact) mass is 254 g/mol. The number of imidazole rings is 1. The van der Waals surface area contributed by atoms with E-state index in [0.29, 0.717) is 3.97 Å². The van der Waals surface area contributed by atoms with Gasteiger partial charge in [-0.05, 0) is 6.42 Å². The van der Waals surface area contributed by atoms with Crippen LogP contribution < -0.4 is 0 Å². The second-order valence-corrected chi connectivity index (χ2v) is 6.03. The lowest BCUT2D eigenvalue weighted by atomic mass is 10.6. The Morgan fingerprint density at radius 3 is 2.47 bits per heavy atom. The number of aromatic nitrogens is 2. The minimum absolute atomic E-state index is 0.280. The van der Waals surface area contributed by atoms with Crippen LogP contribution in [0.5, 0.6) is 0 Å². The van der Waals surface area contributed by atoms with E-state index in [1.165, 1.54) is 6.20 Å². The molecule has 86 valence electrons. The number of nitrogens with zero attached hydrogens (tertiary/aromatic N) is 2. The van der Waals surface area contributed by atoms with Crippen molar-refractivity contribution < 1.29 is 20.5 Å². The van der Waals surface area contributed by atoms with Gasteiger partial charge in [0.2, 0.25) is 0 Å². The van der Waals surface area contributed by atoms with Gasteiger partial charge in [-0.1, -0.05) is 6.92 Å². The average molecular weight is 254 g/mol. The highest BCUT2D eigenvalue weighted by molar-refractivity contribution is 7.99. The maximum Gasteiger partial charge on any atom is 0.381 e. The Balaban J connectivity index is 2.92. The van der Waals surface area contributed by atoms with E-state index in [2.05, 4.69) is 8.61 Å². The molecule has 0 unspecified atom stereocenters. The fourth-order valence-electron chi connectivity index (χ4n) is 0.829. The van der Waals surface area contributed by atoms with E-state index in [1.54, 1.807) is 6.92 Å². The molecule has 0 aromatic carbocycles. The van der Waals surface area contributed by atoms with E-state index >= 15 is 0 Å². The molecule has 0 N–H and O–H groups in total. The van der Waals surface area contributed by atoms with Crippen LogP contribution in [-0.4, -0.2) is 31.5 Å². The van der Waals surface area contributed by atoms with E-state index in [1.807, 2.05) is 0 Å². The predicted molar refractivity (Wildman–Crippen MR) is 51.7 cm³/mol. The number of hydrogen-bond acceptors (Lipinski definition) is 6. The first-order valence-corrected chi connectivity index (χ1v) is 6.99. The molecule has 7 nitrogen and oxygen atoms in total. The summed E-state index contributed by atoms with van der Waals surface area (Å²) in [5, 5.41) is 0. The Morgan fingerprint density at radius 2 is 2.00 bits per heavy atom. The molecular formula is C6H10N2O5S2. The van der Waals surface area contributed by atoms with Crippen LogP contribution in [-0.2, 0) is 24.1 Å². The average Bonchev–Trinajstić information content (AvgIpc) is 2.52. The molecule has 0 aliphatic rings. The van der Waals surface area contributed by atoms with Gasteiger partial charge >= 0.3 is 10.3 Å². The van der Waals surface area contributed by atoms with Crippen molar-refractivity contribution in [1.82, 2.24) is 8.96 Å². The first-order chi connectivity index (χ1) is 6.87. The topological polar surface area (TPSA) is 95.3 Å². The van der Waals surface area contributed by atoms with Crippen LogP contribution in [0.15, 0.2) is 18.7 Å². The van der Waals surface area contributed by atoms with Crippen molar-refractivity contribution in [2.75, 3.05) is 5.75 Å². The zero-order valence-electron chi connectivity index (χ0n) is 7.90. The van der Waals surface area contributed by atoms with Crippen LogP contribution in [0.3, 0.4) is 0 Å². The van der Waals surface area contributed by atoms with Gasteiger partial charge in [-0.3, -0.25) is 0 Å². The summed E-state index contributed by atoms with van der Waals surface area (Å²) in [4.78, 5) is 3.47. The van der Waals surface area contributed by atoms with Gasteiger partial charge in [-0.2, -0.15) is 16.8 Å². The maximum absolute atomic E-state index is 11.3. The fraction of sp³-hybridized carbons (Fsp3) is 0.500. The molecule has 9 heteroatoms. The normalized spacial score (nSPS) is 12.9. The summed E-state index contributed by atoms with van der Waals surface area (Å²) >= 11 is 0. The standard InChI is InChI=1S/C6H10N2O5S2/c1-2-5-14(9,10)13-15(11,12)8-4-3-7-6-8/h3-4,6H,2,5H2,1H3. The van der Waals surface area contributed by atoms with Crippen molar-refractivity contribution in [3.8, 4) is 0 Å². The molecule has 0 aliphatic carbocycles. The molecule has 15 heavy (non-hydrogen) atoms. The van der Waals surface area contributed by atoms with E-state index in [-0.39, 0.29) is 12.2 Å². The molecule has 0 fully saturated rings. The zero-order valence-corrected chi connectivity index (χ0v) is 9.53. The summed E-state index contributed by atoms with van der Waals surface area (Å²) in [6, 6.07) is 0. The van der Waals surface area contributed by atoms with E-state index in [0.717, 1.165) is 12.5 Å². The lowest BCUT2D eigenvalue weighted by Gasteiger charge is -2.04. The van der Waals surface area contributed by atoms with Crippen molar-refractivity contribution in [2.45, 2.75) is 13.3 Å². The molecule has 0 saturated heterocycles. The molecule has 0 aliphatic heterocycles. The first-order valence-electron chi connectivity index (χ1n) is 4.04. The molecule has 1 rings (SSSR count). The lowest BCUT2D eigenvalue weighted by molar-refractivity contribution is 0.454. The SMILES string of the molecule is CCCS(=O)(=O)OS(=O)(=O)n1ccnc1. The maximum atomic E-state index is 11.3. The largest absolute Gasteiger partial charge is 0.381 e. The van der Waals surface area contributed by atoms with Gasteiger partial charge < -0.3 is 0 Å². The fourth-order valence-corrected chi connectivity index (χ4v) is 3.30. The number of hydrogen-bond donors (Lipinski definition) is 0. The zero-order chi connectivity index (χ0) is 11.5. The first kappa shape index (κ1) is 12.1. The predicted octanol–water partition coefficient (Wildman–Crippen LogP) is -0.268. The van der Waals surface area contributed by atoms with Crippen LogP contribution >= 0.6 is 0 Å². The Kier molecular flexibility index (Phi) is 3.47. The summed E-state index contributed by atoms with van der Waals surface area (Å²) in [7, 11) is -8.38. The van der Waals surface area contributed by atoms with Gasteiger partial charge in [-0.15, -0.1) is 3.63 Å². The molecule has 0 saturated carbocycles. The smallest absolute Gasteiger partial charge is 0.244 e. The Hall–Kier alpha value is -0.930. The van der Waals surface area contributed by atoms with Crippen molar-refractivity contribution >= 4 is 20.4 Å². The molecule has 0 radical (unpaired) electrons. The summed E-state index contributed by atoms with van der Waals surface area (Å²) in [6.45, 7) is 1.60. The Morgan fingerprint density at radius 1 is 1.33 bits per heavy atom. The molecule has 0 bridgehead atoms. The molecule has 1 heterocycles. The van der Waals surface area contributed by atoms with Crippen LogP contribution in [0, 0.1) is 0 Å². The van der Waals surface area contributed by atoms with Gasteiger partial charge in [0.15, 0.2) is 0 Å². The van der Waals surface area contributed by atoms with Crippen molar-refractivity contribution in [1.29, 1.82) is 0 Å². The van der Waals surface area contributed by atoms with Gasteiger partial charge in [0.1, 0.15) is 6.33 Å². The third-order valence-electron chi connectivity index (χ3n) is 1.38. The summed E-state index contributed by atoms with van der Waals surface area (Å²) in [5.74, 6) is -0.346. The quantitative estimate of drug-likeness (QED) is 0.718. The second-order valence-electron chi connectivity index (χ2n) is 2.68. The molecule has 1 aromatic heterocycles. The molecule has 0 spiro atoms. The third-order valence-corrected chi connectivity index (χ3v) is 4.54. The van der Waals surface area contributed by atoms with Gasteiger partial charge in [0.25, 0.3) is 10.1 Å². The van der Waals surface area contributed by atoms with Crippen molar-refractivity contribution in [3.63, 3.8) is 0 Å². The van der Waals surface area contributed by atoms with Crippen LogP contribution in [0.25, 0.3) is 0 Å². The summed E-state index contributed by atoms with van der Waals surface area (Å²) in [6.07, 6.45) is 3.50. The summed E-state index contributed by atoms with van der Waals surface area (Å²) < 4.78 is 49.5. The highest BCUT2D eigenvalue weighted by Gasteiger charge is 2.23. The van der Waals surface area contributed by atoms with Gasteiger partial charge in [0, 0.05) is 12.4 Å². The van der Waals surface area contributed by atoms with E-state index in [4.69, 9.17) is 0 Å². The Bertz CT molecular complexity index is 502. The molecular weight excluding hydrogens is 244 g/mol. The highest BCUT2D eigenvalue weighted by atomic mass is 32.3. The van der Waals surface area contributed by atoms with Crippen LogP contribution in [0.1, 0.15) is 13.3 Å². The van der Waals surface area contributed by atoms with E-state index < -0.39 is 20.4 Å². The summed E-state index contributed by atoms with van der Waals surface area (Å²) in [5.41, 5.74) is 0.